The minimum atomic E-state index is -4.35. The smallest absolute Gasteiger partial charge is 0.390 e. The van der Waals surface area contributed by atoms with Crippen LogP contribution in [0, 0.1) is 0 Å². The fourth-order valence-corrected chi connectivity index (χ4v) is 1.68. The zero-order chi connectivity index (χ0) is 12.4. The lowest BCUT2D eigenvalue weighted by atomic mass is 10.2. The van der Waals surface area contributed by atoms with E-state index >= 15 is 0 Å². The lowest BCUT2D eigenvalue weighted by Crippen LogP contribution is -2.21. The van der Waals surface area contributed by atoms with Crippen molar-refractivity contribution in [3.63, 3.8) is 0 Å². The van der Waals surface area contributed by atoms with Gasteiger partial charge in [-0.1, -0.05) is 0 Å². The second-order valence-electron chi connectivity index (χ2n) is 3.98. The summed E-state index contributed by atoms with van der Waals surface area (Å²) in [5.41, 5.74) is -1.63. The van der Waals surface area contributed by atoms with Crippen LogP contribution in [0.5, 0.6) is 0 Å². The summed E-state index contributed by atoms with van der Waals surface area (Å²) in [6.07, 6.45) is -3.56. The van der Waals surface area contributed by atoms with Gasteiger partial charge in [-0.15, -0.1) is 11.8 Å². The average molecular weight is 251 g/mol. The van der Waals surface area contributed by atoms with E-state index in [0.717, 1.165) is 12.3 Å². The monoisotopic (exact) mass is 251 g/mol. The fraction of sp³-hybridized carbons (Fsp3) is 0.500. The quantitative estimate of drug-likeness (QED) is 0.838. The molecule has 0 saturated carbocycles. The highest BCUT2D eigenvalue weighted by Crippen LogP contribution is 2.29. The number of aromatic nitrogens is 1. The van der Waals surface area contributed by atoms with Gasteiger partial charge in [0.1, 0.15) is 0 Å². The minimum Gasteiger partial charge on any atom is -0.390 e. The van der Waals surface area contributed by atoms with Crippen LogP contribution in [0.25, 0.3) is 0 Å². The van der Waals surface area contributed by atoms with Crippen molar-refractivity contribution in [2.75, 3.05) is 5.75 Å². The third-order valence-corrected chi connectivity index (χ3v) is 3.02. The molecule has 0 amide bonds. The van der Waals surface area contributed by atoms with E-state index in [1.807, 2.05) is 0 Å². The first-order valence-corrected chi connectivity index (χ1v) is 5.55. The molecule has 0 aliphatic heterocycles. The maximum atomic E-state index is 12.2. The Bertz CT molecular complexity index is 343. The maximum absolute atomic E-state index is 12.2. The predicted octanol–water partition coefficient (Wildman–Crippen LogP) is 2.96. The second kappa shape index (κ2) is 4.63. The lowest BCUT2D eigenvalue weighted by Gasteiger charge is -2.15. The molecule has 0 unspecified atom stereocenters. The Morgan fingerprint density at radius 1 is 1.31 bits per heavy atom. The third-order valence-electron chi connectivity index (χ3n) is 1.64. The molecule has 0 saturated heterocycles. The van der Waals surface area contributed by atoms with Crippen molar-refractivity contribution in [1.29, 1.82) is 0 Å². The Kier molecular flexibility index (Phi) is 3.85. The molecule has 2 nitrogen and oxygen atoms in total. The van der Waals surface area contributed by atoms with E-state index in [1.165, 1.54) is 17.8 Å². The molecule has 1 rings (SSSR count). The summed E-state index contributed by atoms with van der Waals surface area (Å²) in [4.78, 5) is 3.68. The van der Waals surface area contributed by atoms with Crippen LogP contribution in [-0.4, -0.2) is 21.4 Å². The van der Waals surface area contributed by atoms with Crippen LogP contribution in [0.2, 0.25) is 0 Å². The predicted molar refractivity (Wildman–Crippen MR) is 56.3 cm³/mol. The Morgan fingerprint density at radius 2 is 1.94 bits per heavy atom. The summed E-state index contributed by atoms with van der Waals surface area (Å²) >= 11 is 1.22. The SMILES string of the molecule is CC(C)(O)CSc1ccc(C(F)(F)F)cn1. The van der Waals surface area contributed by atoms with Gasteiger partial charge in [-0.05, 0) is 26.0 Å². The zero-order valence-electron chi connectivity index (χ0n) is 8.88. The first-order valence-electron chi connectivity index (χ1n) is 4.57. The molecule has 0 spiro atoms. The highest BCUT2D eigenvalue weighted by Gasteiger charge is 2.30. The summed E-state index contributed by atoms with van der Waals surface area (Å²) < 4.78 is 36.6. The lowest BCUT2D eigenvalue weighted by molar-refractivity contribution is -0.137. The topological polar surface area (TPSA) is 33.1 Å². The molecule has 0 fully saturated rings. The largest absolute Gasteiger partial charge is 0.417 e. The van der Waals surface area contributed by atoms with Crippen molar-refractivity contribution in [3.8, 4) is 0 Å². The molecule has 1 heterocycles. The van der Waals surface area contributed by atoms with Crippen LogP contribution in [0.3, 0.4) is 0 Å². The van der Waals surface area contributed by atoms with Gasteiger partial charge in [-0.3, -0.25) is 0 Å². The Morgan fingerprint density at radius 3 is 2.31 bits per heavy atom. The molecule has 0 aliphatic rings. The van der Waals surface area contributed by atoms with Crippen LogP contribution in [0.4, 0.5) is 13.2 Å². The molecule has 0 aromatic carbocycles. The van der Waals surface area contributed by atoms with Crippen molar-refractivity contribution in [3.05, 3.63) is 23.9 Å². The number of pyridine rings is 1. The molecular weight excluding hydrogens is 239 g/mol. The van der Waals surface area contributed by atoms with Crippen LogP contribution in [-0.2, 0) is 6.18 Å². The van der Waals surface area contributed by atoms with Crippen molar-refractivity contribution < 1.29 is 18.3 Å². The normalized spacial score (nSPS) is 12.9. The Hall–Kier alpha value is -0.750. The van der Waals surface area contributed by atoms with Crippen LogP contribution >= 0.6 is 11.8 Å². The molecule has 0 radical (unpaired) electrons. The van der Waals surface area contributed by atoms with Gasteiger partial charge in [0, 0.05) is 11.9 Å². The van der Waals surface area contributed by atoms with Gasteiger partial charge < -0.3 is 5.11 Å². The first kappa shape index (κ1) is 13.3. The standard InChI is InChI=1S/C10H12F3NOS/c1-9(2,15)6-16-8-4-3-7(5-14-8)10(11,12)13/h3-5,15H,6H2,1-2H3. The summed E-state index contributed by atoms with van der Waals surface area (Å²) in [5.74, 6) is 0.380. The van der Waals surface area contributed by atoms with Crippen molar-refractivity contribution in [2.45, 2.75) is 30.7 Å². The number of nitrogens with zero attached hydrogens (tertiary/aromatic N) is 1. The van der Waals surface area contributed by atoms with E-state index in [1.54, 1.807) is 13.8 Å². The Labute approximate surface area is 95.9 Å². The number of hydrogen-bond donors (Lipinski definition) is 1. The van der Waals surface area contributed by atoms with Crippen molar-refractivity contribution >= 4 is 11.8 Å². The number of rotatable bonds is 3. The van der Waals surface area contributed by atoms with Crippen LogP contribution in [0.15, 0.2) is 23.4 Å². The molecule has 16 heavy (non-hydrogen) atoms. The van der Waals surface area contributed by atoms with E-state index in [9.17, 15) is 18.3 Å². The van der Waals surface area contributed by atoms with E-state index in [-0.39, 0.29) is 0 Å². The van der Waals surface area contributed by atoms with Crippen LogP contribution < -0.4 is 0 Å². The van der Waals surface area contributed by atoms with Gasteiger partial charge >= 0.3 is 6.18 Å². The summed E-state index contributed by atoms with van der Waals surface area (Å²) in [7, 11) is 0. The molecule has 0 aliphatic carbocycles. The molecule has 90 valence electrons. The number of thioether (sulfide) groups is 1. The molecule has 1 N–H and O–H groups in total. The fourth-order valence-electron chi connectivity index (χ4n) is 0.884. The zero-order valence-corrected chi connectivity index (χ0v) is 9.69. The number of alkyl halides is 3. The molecule has 0 atom stereocenters. The molecule has 1 aromatic heterocycles. The Balaban J connectivity index is 2.66. The van der Waals surface area contributed by atoms with Crippen molar-refractivity contribution in [1.82, 2.24) is 4.98 Å². The molecule has 1 aromatic rings. The van der Waals surface area contributed by atoms with Gasteiger partial charge in [0.05, 0.1) is 16.2 Å². The second-order valence-corrected chi connectivity index (χ2v) is 4.98. The number of aliphatic hydroxyl groups is 1. The van der Waals surface area contributed by atoms with Crippen molar-refractivity contribution in [2.24, 2.45) is 0 Å². The van der Waals surface area contributed by atoms with Gasteiger partial charge in [0.2, 0.25) is 0 Å². The number of hydrogen-bond acceptors (Lipinski definition) is 3. The highest BCUT2D eigenvalue weighted by molar-refractivity contribution is 7.99. The van der Waals surface area contributed by atoms with E-state index in [2.05, 4.69) is 4.98 Å². The molecule has 6 heteroatoms. The van der Waals surface area contributed by atoms with E-state index in [4.69, 9.17) is 0 Å². The maximum Gasteiger partial charge on any atom is 0.417 e. The van der Waals surface area contributed by atoms with Gasteiger partial charge in [-0.2, -0.15) is 13.2 Å². The van der Waals surface area contributed by atoms with Gasteiger partial charge in [0.25, 0.3) is 0 Å². The summed E-state index contributed by atoms with van der Waals surface area (Å²) in [6.45, 7) is 3.26. The molecular formula is C10H12F3NOS. The molecule has 0 bridgehead atoms. The van der Waals surface area contributed by atoms with E-state index in [0.29, 0.717) is 10.8 Å². The van der Waals surface area contributed by atoms with Crippen LogP contribution in [0.1, 0.15) is 19.4 Å². The summed E-state index contributed by atoms with van der Waals surface area (Å²) in [5, 5.41) is 9.90. The van der Waals surface area contributed by atoms with Gasteiger partial charge in [0.15, 0.2) is 0 Å². The third kappa shape index (κ3) is 4.40. The highest BCUT2D eigenvalue weighted by atomic mass is 32.2. The first-order chi connectivity index (χ1) is 7.18. The van der Waals surface area contributed by atoms with Gasteiger partial charge in [-0.25, -0.2) is 4.98 Å². The minimum absolute atomic E-state index is 0.380. The average Bonchev–Trinajstić information content (AvgIpc) is 2.13. The number of halogens is 3. The summed E-state index contributed by atoms with van der Waals surface area (Å²) in [6, 6.07) is 2.29. The van der Waals surface area contributed by atoms with E-state index < -0.39 is 17.3 Å².